The van der Waals surface area contributed by atoms with Crippen LogP contribution in [0, 0.1) is 0 Å². The molecular weight excluding hydrogens is 126 g/mol. The summed E-state index contributed by atoms with van der Waals surface area (Å²) >= 11 is 0. The van der Waals surface area contributed by atoms with Crippen LogP contribution in [0.5, 0.6) is 0 Å². The number of alkyl halides is 2. The van der Waals surface area contributed by atoms with Crippen LogP contribution in [0.15, 0.2) is 18.7 Å². The Morgan fingerprint density at radius 3 is 2.11 bits per heavy atom. The van der Waals surface area contributed by atoms with Crippen molar-refractivity contribution in [1.29, 1.82) is 0 Å². The van der Waals surface area contributed by atoms with Crippen LogP contribution in [0.3, 0.4) is 0 Å². The number of nitrogens with zero attached hydrogens (tertiary/aromatic N) is 2. The summed E-state index contributed by atoms with van der Waals surface area (Å²) in [6, 6.07) is 0. The number of hydrogen-bond acceptors (Lipinski definition) is 2. The molecule has 0 saturated heterocycles. The van der Waals surface area contributed by atoms with Gasteiger partial charge in [-0.2, -0.15) is 0 Å². The van der Waals surface area contributed by atoms with Crippen LogP contribution >= 0.6 is 0 Å². The Balaban J connectivity index is 2.85. The second-order valence-corrected chi connectivity index (χ2v) is 1.47. The molecule has 0 aliphatic rings. The maximum Gasteiger partial charge on any atom is 0.266 e. The predicted molar refractivity (Wildman–Crippen MR) is 27.0 cm³/mol. The van der Waals surface area contributed by atoms with E-state index in [4.69, 9.17) is 0 Å². The zero-order valence-corrected chi connectivity index (χ0v) is 4.46. The van der Waals surface area contributed by atoms with Crippen LogP contribution in [0.2, 0.25) is 0 Å². The van der Waals surface area contributed by atoms with Gasteiger partial charge in [-0.05, 0) is 0 Å². The minimum absolute atomic E-state index is 0.141. The van der Waals surface area contributed by atoms with E-state index in [0.29, 0.717) is 0 Å². The molecule has 4 heteroatoms. The fourth-order valence-electron chi connectivity index (χ4n) is 0.423. The van der Waals surface area contributed by atoms with Crippen molar-refractivity contribution in [2.45, 2.75) is 6.43 Å². The lowest BCUT2D eigenvalue weighted by Crippen LogP contribution is -1.85. The highest BCUT2D eigenvalue weighted by atomic mass is 19.3. The number of aromatic nitrogens is 2. The fraction of sp³-hybridized carbons (Fsp3) is 0.200. The first kappa shape index (κ1) is 6.07. The van der Waals surface area contributed by atoms with Gasteiger partial charge in [0.25, 0.3) is 6.43 Å². The van der Waals surface area contributed by atoms with E-state index >= 15 is 0 Å². The second-order valence-electron chi connectivity index (χ2n) is 1.47. The molecule has 2 nitrogen and oxygen atoms in total. The average Bonchev–Trinajstić information content (AvgIpc) is 1.90. The van der Waals surface area contributed by atoms with Gasteiger partial charge in [0.1, 0.15) is 6.33 Å². The van der Waals surface area contributed by atoms with Gasteiger partial charge in [0.05, 0.1) is 5.56 Å². The molecule has 0 amide bonds. The summed E-state index contributed by atoms with van der Waals surface area (Å²) in [5, 5.41) is 0. The molecule has 0 atom stereocenters. The molecule has 1 heterocycles. The molecule has 1 rings (SSSR count). The van der Waals surface area contributed by atoms with Gasteiger partial charge in [-0.3, -0.25) is 0 Å². The first-order valence-electron chi connectivity index (χ1n) is 2.34. The third-order valence-corrected chi connectivity index (χ3v) is 0.833. The van der Waals surface area contributed by atoms with Gasteiger partial charge >= 0.3 is 0 Å². The molecular formula is C5H4F2N2. The van der Waals surface area contributed by atoms with Crippen LogP contribution in [0.4, 0.5) is 8.78 Å². The van der Waals surface area contributed by atoms with Crippen molar-refractivity contribution in [3.05, 3.63) is 24.3 Å². The molecule has 9 heavy (non-hydrogen) atoms. The molecule has 0 bridgehead atoms. The highest BCUT2D eigenvalue weighted by molar-refractivity contribution is 5.02. The van der Waals surface area contributed by atoms with Crippen LogP contribution in [0.1, 0.15) is 12.0 Å². The highest BCUT2D eigenvalue weighted by Crippen LogP contribution is 2.14. The molecule has 0 N–H and O–H groups in total. The van der Waals surface area contributed by atoms with E-state index in [0.717, 1.165) is 12.4 Å². The third-order valence-electron chi connectivity index (χ3n) is 0.833. The third kappa shape index (κ3) is 1.42. The molecule has 0 unspecified atom stereocenters. The maximum absolute atomic E-state index is 11.7. The summed E-state index contributed by atoms with van der Waals surface area (Å²) in [6.07, 6.45) is 0.938. The van der Waals surface area contributed by atoms with Gasteiger partial charge in [-0.25, -0.2) is 18.7 Å². The minimum Gasteiger partial charge on any atom is -0.244 e. The van der Waals surface area contributed by atoms with Crippen molar-refractivity contribution in [3.63, 3.8) is 0 Å². The van der Waals surface area contributed by atoms with Gasteiger partial charge < -0.3 is 0 Å². The molecule has 48 valence electrons. The Labute approximate surface area is 50.6 Å². The molecule has 0 saturated carbocycles. The van der Waals surface area contributed by atoms with E-state index in [9.17, 15) is 8.78 Å². The quantitative estimate of drug-likeness (QED) is 0.574. The molecule has 0 aliphatic carbocycles. The van der Waals surface area contributed by atoms with Gasteiger partial charge in [0, 0.05) is 12.4 Å². The van der Waals surface area contributed by atoms with Crippen molar-refractivity contribution in [1.82, 2.24) is 9.97 Å². The maximum atomic E-state index is 11.7. The van der Waals surface area contributed by atoms with Crippen LogP contribution in [0.25, 0.3) is 0 Å². The number of rotatable bonds is 1. The summed E-state index contributed by atoms with van der Waals surface area (Å²) in [5.74, 6) is 0. The van der Waals surface area contributed by atoms with Crippen molar-refractivity contribution in [3.8, 4) is 0 Å². The number of halogens is 2. The molecule has 1 aromatic rings. The largest absolute Gasteiger partial charge is 0.266 e. The Hall–Kier alpha value is -1.06. The summed E-state index contributed by atoms with van der Waals surface area (Å²) in [4.78, 5) is 6.83. The summed E-state index contributed by atoms with van der Waals surface area (Å²) in [7, 11) is 0. The van der Waals surface area contributed by atoms with Gasteiger partial charge in [-0.15, -0.1) is 0 Å². The van der Waals surface area contributed by atoms with Crippen molar-refractivity contribution in [2.75, 3.05) is 0 Å². The topological polar surface area (TPSA) is 25.8 Å². The predicted octanol–water partition coefficient (Wildman–Crippen LogP) is 1.41. The first-order chi connectivity index (χ1) is 4.30. The molecule has 1 aromatic heterocycles. The Morgan fingerprint density at radius 1 is 1.22 bits per heavy atom. The lowest BCUT2D eigenvalue weighted by atomic mass is 10.4. The van der Waals surface area contributed by atoms with Gasteiger partial charge in [-0.1, -0.05) is 0 Å². The molecule has 0 fully saturated rings. The molecule has 0 aliphatic heterocycles. The monoisotopic (exact) mass is 130 g/mol. The Bertz CT molecular complexity index is 176. The van der Waals surface area contributed by atoms with Crippen LogP contribution in [-0.4, -0.2) is 9.97 Å². The molecule has 0 spiro atoms. The van der Waals surface area contributed by atoms with E-state index in [1.165, 1.54) is 6.33 Å². The van der Waals surface area contributed by atoms with E-state index in [2.05, 4.69) is 9.97 Å². The smallest absolute Gasteiger partial charge is 0.244 e. The van der Waals surface area contributed by atoms with Crippen molar-refractivity contribution < 1.29 is 8.78 Å². The van der Waals surface area contributed by atoms with E-state index in [1.54, 1.807) is 0 Å². The lowest BCUT2D eigenvalue weighted by molar-refractivity contribution is 0.150. The lowest BCUT2D eigenvalue weighted by Gasteiger charge is -1.93. The summed E-state index contributed by atoms with van der Waals surface area (Å²) in [6.45, 7) is 0. The summed E-state index contributed by atoms with van der Waals surface area (Å²) < 4.78 is 23.4. The van der Waals surface area contributed by atoms with Crippen LogP contribution in [-0.2, 0) is 0 Å². The zero-order chi connectivity index (χ0) is 6.69. The number of hydrogen-bond donors (Lipinski definition) is 0. The average molecular weight is 130 g/mol. The first-order valence-corrected chi connectivity index (χ1v) is 2.34. The molecule has 0 aromatic carbocycles. The van der Waals surface area contributed by atoms with Gasteiger partial charge in [0.15, 0.2) is 0 Å². The SMILES string of the molecule is FC(F)c1cncnc1. The highest BCUT2D eigenvalue weighted by Gasteiger charge is 2.04. The minimum atomic E-state index is -2.47. The Kier molecular flexibility index (Phi) is 1.67. The summed E-state index contributed by atoms with van der Waals surface area (Å²) in [5.41, 5.74) is -0.141. The standard InChI is InChI=1S/C5H4F2N2/c6-5(7)4-1-8-3-9-2-4/h1-3,5H. The van der Waals surface area contributed by atoms with E-state index in [1.807, 2.05) is 0 Å². The van der Waals surface area contributed by atoms with E-state index < -0.39 is 6.43 Å². The van der Waals surface area contributed by atoms with Crippen LogP contribution < -0.4 is 0 Å². The van der Waals surface area contributed by atoms with E-state index in [-0.39, 0.29) is 5.56 Å². The zero-order valence-electron chi connectivity index (χ0n) is 4.46. The fourth-order valence-corrected chi connectivity index (χ4v) is 0.423. The normalized spacial score (nSPS) is 10.1. The van der Waals surface area contributed by atoms with Crippen molar-refractivity contribution in [2.24, 2.45) is 0 Å². The van der Waals surface area contributed by atoms with Crippen molar-refractivity contribution >= 4 is 0 Å². The Morgan fingerprint density at radius 2 is 1.78 bits per heavy atom. The molecule has 0 radical (unpaired) electrons. The second kappa shape index (κ2) is 2.48. The van der Waals surface area contributed by atoms with Gasteiger partial charge in [0.2, 0.25) is 0 Å².